The van der Waals surface area contributed by atoms with Crippen LogP contribution in [0, 0.1) is 11.8 Å². The van der Waals surface area contributed by atoms with Crippen molar-refractivity contribution in [2.45, 2.75) is 54.0 Å². The van der Waals surface area contributed by atoms with E-state index in [0.29, 0.717) is 17.6 Å². The minimum Gasteiger partial charge on any atom is -0.366 e. The highest BCUT2D eigenvalue weighted by Crippen LogP contribution is 2.40. The second-order valence-electron chi connectivity index (χ2n) is 6.58. The van der Waals surface area contributed by atoms with Crippen LogP contribution in [0.3, 0.4) is 0 Å². The van der Waals surface area contributed by atoms with Crippen LogP contribution < -0.4 is 0 Å². The van der Waals surface area contributed by atoms with E-state index < -0.39 is 0 Å². The van der Waals surface area contributed by atoms with Crippen molar-refractivity contribution in [1.82, 2.24) is 4.90 Å². The van der Waals surface area contributed by atoms with E-state index in [1.54, 1.807) is 0 Å². The molecule has 0 saturated carbocycles. The Bertz CT molecular complexity index is 414. The van der Waals surface area contributed by atoms with E-state index in [2.05, 4.69) is 68.8 Å². The smallest absolute Gasteiger partial charge is 0.0531 e. The summed E-state index contributed by atoms with van der Waals surface area (Å²) < 4.78 is 4.58. The number of likely N-dealkylation sites (N-methyl/N-ethyl adjacent to an activating group) is 1. The molecule has 0 aromatic heterocycles. The maximum absolute atomic E-state index is 8.31. The van der Waals surface area contributed by atoms with E-state index >= 15 is 0 Å². The molecule has 0 bridgehead atoms. The lowest BCUT2D eigenvalue weighted by atomic mass is 9.81. The number of hydrogen-bond acceptors (Lipinski definition) is 5. The van der Waals surface area contributed by atoms with Crippen molar-refractivity contribution in [1.29, 1.82) is 0 Å². The number of rotatable bonds is 7. The SMILES string of the molecule is CCN1C(C(C)C)=C(C(C)C)C(CSOOO)=CC1(C)C. The molecular formula is C16H29NO3S. The van der Waals surface area contributed by atoms with Crippen molar-refractivity contribution in [3.05, 3.63) is 22.9 Å². The van der Waals surface area contributed by atoms with Gasteiger partial charge in [0, 0.05) is 30.0 Å². The summed E-state index contributed by atoms with van der Waals surface area (Å²) >= 11 is 1.11. The molecule has 0 atom stereocenters. The minimum absolute atomic E-state index is 0.0251. The average Bonchev–Trinajstić information content (AvgIpc) is 2.36. The first kappa shape index (κ1) is 18.6. The van der Waals surface area contributed by atoms with E-state index in [1.165, 1.54) is 16.8 Å². The molecule has 5 heteroatoms. The summed E-state index contributed by atoms with van der Waals surface area (Å²) in [4.78, 5) is 2.49. The van der Waals surface area contributed by atoms with Crippen LogP contribution in [-0.2, 0) is 9.37 Å². The van der Waals surface area contributed by atoms with Gasteiger partial charge in [-0.3, -0.25) is 0 Å². The van der Waals surface area contributed by atoms with Crippen molar-refractivity contribution in [3.63, 3.8) is 0 Å². The maximum atomic E-state index is 8.31. The van der Waals surface area contributed by atoms with Gasteiger partial charge in [-0.1, -0.05) is 38.8 Å². The van der Waals surface area contributed by atoms with Crippen LogP contribution >= 0.6 is 12.0 Å². The summed E-state index contributed by atoms with van der Waals surface area (Å²) in [5.41, 5.74) is 4.05. The third kappa shape index (κ3) is 4.25. The van der Waals surface area contributed by atoms with Gasteiger partial charge < -0.3 is 4.90 Å². The molecular weight excluding hydrogens is 286 g/mol. The second kappa shape index (κ2) is 7.68. The Morgan fingerprint density at radius 2 is 1.86 bits per heavy atom. The lowest BCUT2D eigenvalue weighted by molar-refractivity contribution is -0.432. The van der Waals surface area contributed by atoms with Gasteiger partial charge in [0.05, 0.1) is 5.54 Å². The molecule has 1 rings (SSSR count). The molecule has 4 nitrogen and oxygen atoms in total. The lowest BCUT2D eigenvalue weighted by Crippen LogP contribution is -2.46. The van der Waals surface area contributed by atoms with Gasteiger partial charge in [0.2, 0.25) is 0 Å². The Hall–Kier alpha value is -0.490. The number of allylic oxidation sites excluding steroid dienone is 2. The predicted octanol–water partition coefficient (Wildman–Crippen LogP) is 4.66. The van der Waals surface area contributed by atoms with Crippen LogP contribution in [0.2, 0.25) is 0 Å². The standard InChI is InChI=1S/C16H29NO3S/c1-8-17-15(12(4)5)14(11(2)3)13(9-16(17,6)7)10-21-20-19-18/h9,11-12,18H,8,10H2,1-7H3. The van der Waals surface area contributed by atoms with Gasteiger partial charge in [-0.25, -0.2) is 5.26 Å². The second-order valence-corrected chi connectivity index (χ2v) is 7.24. The molecule has 0 aromatic carbocycles. The Balaban J connectivity index is 3.28. The zero-order chi connectivity index (χ0) is 16.2. The maximum Gasteiger partial charge on any atom is 0.0531 e. The van der Waals surface area contributed by atoms with E-state index in [1.807, 2.05) is 0 Å². The topological polar surface area (TPSA) is 41.9 Å². The normalized spacial score (nSPS) is 18.8. The Kier molecular flexibility index (Phi) is 6.78. The molecule has 1 N–H and O–H groups in total. The van der Waals surface area contributed by atoms with Crippen LogP contribution in [0.1, 0.15) is 48.5 Å². The summed E-state index contributed by atoms with van der Waals surface area (Å²) in [7, 11) is 0. The molecule has 0 saturated heterocycles. The van der Waals surface area contributed by atoms with E-state index in [0.717, 1.165) is 18.6 Å². The fraction of sp³-hybridized carbons (Fsp3) is 0.750. The van der Waals surface area contributed by atoms with Gasteiger partial charge in [0.1, 0.15) is 0 Å². The highest BCUT2D eigenvalue weighted by molar-refractivity contribution is 7.94. The summed E-state index contributed by atoms with van der Waals surface area (Å²) in [6.07, 6.45) is 2.31. The molecule has 0 radical (unpaired) electrons. The van der Waals surface area contributed by atoms with E-state index in [4.69, 9.17) is 5.26 Å². The molecule has 1 aliphatic heterocycles. The molecule has 1 heterocycles. The van der Waals surface area contributed by atoms with Crippen molar-refractivity contribution in [2.24, 2.45) is 11.8 Å². The van der Waals surface area contributed by atoms with Gasteiger partial charge in [-0.15, -0.1) is 4.33 Å². The zero-order valence-corrected chi connectivity index (χ0v) is 15.1. The molecule has 0 aliphatic carbocycles. The van der Waals surface area contributed by atoms with E-state index in [9.17, 15) is 0 Å². The quantitative estimate of drug-likeness (QED) is 0.320. The molecule has 0 amide bonds. The van der Waals surface area contributed by atoms with Gasteiger partial charge in [-0.05, 0) is 43.8 Å². The lowest BCUT2D eigenvalue weighted by Gasteiger charge is -2.47. The van der Waals surface area contributed by atoms with Crippen LogP contribution in [0.5, 0.6) is 0 Å². The zero-order valence-electron chi connectivity index (χ0n) is 14.3. The largest absolute Gasteiger partial charge is 0.366 e. The molecule has 122 valence electrons. The first-order chi connectivity index (χ1) is 9.76. The highest BCUT2D eigenvalue weighted by atomic mass is 32.2. The molecule has 0 spiro atoms. The van der Waals surface area contributed by atoms with Gasteiger partial charge in [-0.2, -0.15) is 0 Å². The van der Waals surface area contributed by atoms with Crippen LogP contribution in [0.4, 0.5) is 0 Å². The van der Waals surface area contributed by atoms with Crippen LogP contribution in [-0.4, -0.2) is 28.0 Å². The average molecular weight is 315 g/mol. The first-order valence-corrected chi connectivity index (χ1v) is 8.50. The van der Waals surface area contributed by atoms with E-state index in [-0.39, 0.29) is 5.54 Å². The fourth-order valence-corrected chi connectivity index (χ4v) is 3.75. The Labute approximate surface area is 133 Å². The van der Waals surface area contributed by atoms with Gasteiger partial charge in [0.25, 0.3) is 0 Å². The number of nitrogens with zero attached hydrogens (tertiary/aromatic N) is 1. The highest BCUT2D eigenvalue weighted by Gasteiger charge is 2.35. The summed E-state index contributed by atoms with van der Waals surface area (Å²) in [6.45, 7) is 16.6. The summed E-state index contributed by atoms with van der Waals surface area (Å²) in [6, 6.07) is 0. The molecule has 1 aliphatic rings. The third-order valence-electron chi connectivity index (χ3n) is 3.87. The molecule has 0 fully saturated rings. The Morgan fingerprint density at radius 3 is 2.29 bits per heavy atom. The van der Waals surface area contributed by atoms with Gasteiger partial charge in [0.15, 0.2) is 0 Å². The molecule has 0 unspecified atom stereocenters. The molecule has 0 aromatic rings. The first-order valence-electron chi connectivity index (χ1n) is 7.59. The minimum atomic E-state index is -0.0251. The fourth-order valence-electron chi connectivity index (χ4n) is 3.30. The summed E-state index contributed by atoms with van der Waals surface area (Å²) in [5, 5.41) is 12.0. The van der Waals surface area contributed by atoms with Crippen molar-refractivity contribution < 1.29 is 14.6 Å². The monoisotopic (exact) mass is 315 g/mol. The Morgan fingerprint density at radius 1 is 1.24 bits per heavy atom. The number of hydrogen-bond donors (Lipinski definition) is 1. The predicted molar refractivity (Wildman–Crippen MR) is 88.5 cm³/mol. The van der Waals surface area contributed by atoms with Gasteiger partial charge >= 0.3 is 0 Å². The molecule has 21 heavy (non-hydrogen) atoms. The van der Waals surface area contributed by atoms with Crippen LogP contribution in [0.15, 0.2) is 22.9 Å². The van der Waals surface area contributed by atoms with Crippen molar-refractivity contribution >= 4 is 12.0 Å². The van der Waals surface area contributed by atoms with Crippen LogP contribution in [0.25, 0.3) is 0 Å². The van der Waals surface area contributed by atoms with Crippen molar-refractivity contribution in [3.8, 4) is 0 Å². The third-order valence-corrected chi connectivity index (χ3v) is 4.46. The summed E-state index contributed by atoms with van der Waals surface area (Å²) in [5.74, 6) is 1.56. The van der Waals surface area contributed by atoms with Crippen molar-refractivity contribution in [2.75, 3.05) is 12.3 Å².